The summed E-state index contributed by atoms with van der Waals surface area (Å²) in [5, 5.41) is 0. The van der Waals surface area contributed by atoms with Crippen LogP contribution in [0.15, 0.2) is 23.1 Å². The molecule has 0 bridgehead atoms. The zero-order valence-corrected chi connectivity index (χ0v) is 11.4. The van der Waals surface area contributed by atoms with E-state index in [1.807, 2.05) is 19.9 Å². The molecule has 0 amide bonds. The van der Waals surface area contributed by atoms with Crippen molar-refractivity contribution >= 4 is 10.1 Å². The topological polar surface area (TPSA) is 54.4 Å². The molecule has 0 unspecified atom stereocenters. The predicted molar refractivity (Wildman–Crippen MR) is 69.0 cm³/mol. The van der Waals surface area contributed by atoms with Crippen LogP contribution in [0.5, 0.6) is 0 Å². The minimum absolute atomic E-state index is 0.0350. The average Bonchev–Trinajstić information content (AvgIpc) is 2.24. The lowest BCUT2D eigenvalue weighted by Crippen LogP contribution is -2.05. The largest absolute Gasteiger partial charge is 0.294 e. The lowest BCUT2D eigenvalue weighted by Gasteiger charge is -2.12. The highest BCUT2D eigenvalue weighted by molar-refractivity contribution is 7.85. The fraction of sp³-hybridized carbons (Fsp3) is 0.538. The molecule has 0 saturated heterocycles. The summed E-state index contributed by atoms with van der Waals surface area (Å²) in [6.45, 7) is 5.97. The summed E-state index contributed by atoms with van der Waals surface area (Å²) in [6.07, 6.45) is 3.14. The molecule has 1 aromatic carbocycles. The van der Waals surface area contributed by atoms with Gasteiger partial charge >= 0.3 is 0 Å². The molecule has 0 aliphatic carbocycles. The van der Waals surface area contributed by atoms with Crippen molar-refractivity contribution in [2.24, 2.45) is 0 Å². The minimum atomic E-state index is -4.12. The molecule has 1 aromatic rings. The fourth-order valence-electron chi connectivity index (χ4n) is 1.82. The molecule has 1 N–H and O–H groups in total. The molecule has 0 saturated carbocycles. The highest BCUT2D eigenvalue weighted by atomic mass is 32.2. The van der Waals surface area contributed by atoms with Gasteiger partial charge < -0.3 is 0 Å². The maximum Gasteiger partial charge on any atom is 0.294 e. The third-order valence-corrected chi connectivity index (χ3v) is 3.72. The normalized spacial score (nSPS) is 12.1. The molecule has 0 aliphatic heterocycles. The van der Waals surface area contributed by atoms with E-state index in [1.165, 1.54) is 6.07 Å². The smallest absolute Gasteiger partial charge is 0.282 e. The van der Waals surface area contributed by atoms with Gasteiger partial charge in [0.05, 0.1) is 4.90 Å². The average molecular weight is 256 g/mol. The number of rotatable bonds is 5. The van der Waals surface area contributed by atoms with Crippen molar-refractivity contribution in [3.63, 3.8) is 0 Å². The van der Waals surface area contributed by atoms with Crippen molar-refractivity contribution in [3.8, 4) is 0 Å². The molecule has 0 heterocycles. The van der Waals surface area contributed by atoms with Gasteiger partial charge in [-0.05, 0) is 36.0 Å². The Morgan fingerprint density at radius 2 is 1.94 bits per heavy atom. The van der Waals surface area contributed by atoms with Crippen molar-refractivity contribution in [3.05, 3.63) is 29.3 Å². The van der Waals surface area contributed by atoms with E-state index in [1.54, 1.807) is 6.07 Å². The van der Waals surface area contributed by atoms with Crippen molar-refractivity contribution in [1.29, 1.82) is 0 Å². The van der Waals surface area contributed by atoms with Crippen LogP contribution in [0.3, 0.4) is 0 Å². The van der Waals surface area contributed by atoms with Gasteiger partial charge in [0.15, 0.2) is 0 Å². The lowest BCUT2D eigenvalue weighted by molar-refractivity contribution is 0.481. The van der Waals surface area contributed by atoms with Crippen LogP contribution in [0.25, 0.3) is 0 Å². The van der Waals surface area contributed by atoms with E-state index in [4.69, 9.17) is 4.55 Å². The summed E-state index contributed by atoms with van der Waals surface area (Å²) in [5.74, 6) is 0.0773. The Kier molecular flexibility index (Phi) is 4.71. The Balaban J connectivity index is 3.18. The second-order valence-electron chi connectivity index (χ2n) is 4.61. The molecule has 0 aromatic heterocycles. The van der Waals surface area contributed by atoms with Crippen LogP contribution < -0.4 is 0 Å². The number of benzene rings is 1. The zero-order chi connectivity index (χ0) is 13.1. The summed E-state index contributed by atoms with van der Waals surface area (Å²) in [6, 6.07) is 5.18. The number of aryl methyl sites for hydroxylation is 1. The van der Waals surface area contributed by atoms with Crippen LogP contribution in [-0.2, 0) is 16.5 Å². The van der Waals surface area contributed by atoms with Gasteiger partial charge in [-0.3, -0.25) is 4.55 Å². The third-order valence-electron chi connectivity index (χ3n) is 2.79. The van der Waals surface area contributed by atoms with E-state index < -0.39 is 10.1 Å². The molecule has 4 heteroatoms. The Labute approximate surface area is 104 Å². The SMILES string of the molecule is CCCCc1ccc(S(=O)(=O)O)c(C(C)C)c1. The predicted octanol–water partition coefficient (Wildman–Crippen LogP) is 3.40. The van der Waals surface area contributed by atoms with Gasteiger partial charge in [-0.15, -0.1) is 0 Å². The maximum absolute atomic E-state index is 11.2. The maximum atomic E-state index is 11.2. The first-order valence-corrected chi connectivity index (χ1v) is 7.40. The van der Waals surface area contributed by atoms with Crippen molar-refractivity contribution in [2.45, 2.75) is 50.8 Å². The van der Waals surface area contributed by atoms with Gasteiger partial charge in [-0.25, -0.2) is 0 Å². The van der Waals surface area contributed by atoms with Gasteiger partial charge in [0, 0.05) is 0 Å². The first-order chi connectivity index (χ1) is 7.86. The van der Waals surface area contributed by atoms with Gasteiger partial charge in [0.2, 0.25) is 0 Å². The summed E-state index contributed by atoms with van der Waals surface area (Å²) in [5.41, 5.74) is 1.82. The van der Waals surface area contributed by atoms with Gasteiger partial charge in [0.25, 0.3) is 10.1 Å². The zero-order valence-electron chi connectivity index (χ0n) is 10.6. The minimum Gasteiger partial charge on any atom is -0.282 e. The van der Waals surface area contributed by atoms with Crippen LogP contribution in [0.1, 0.15) is 50.7 Å². The molecule has 0 atom stereocenters. The Hall–Kier alpha value is -0.870. The van der Waals surface area contributed by atoms with E-state index in [0.717, 1.165) is 24.8 Å². The second kappa shape index (κ2) is 5.65. The molecule has 0 aliphatic rings. The van der Waals surface area contributed by atoms with Crippen LogP contribution >= 0.6 is 0 Å². The van der Waals surface area contributed by atoms with Crippen LogP contribution in [-0.4, -0.2) is 13.0 Å². The molecule has 0 radical (unpaired) electrons. The van der Waals surface area contributed by atoms with Crippen LogP contribution in [0, 0.1) is 0 Å². The number of hydrogen-bond acceptors (Lipinski definition) is 2. The van der Waals surface area contributed by atoms with E-state index in [2.05, 4.69) is 6.92 Å². The fourth-order valence-corrected chi connectivity index (χ4v) is 2.65. The molecular weight excluding hydrogens is 236 g/mol. The highest BCUT2D eigenvalue weighted by Gasteiger charge is 2.17. The molecule has 1 rings (SSSR count). The van der Waals surface area contributed by atoms with Gasteiger partial charge in [-0.1, -0.05) is 39.3 Å². The van der Waals surface area contributed by atoms with E-state index >= 15 is 0 Å². The van der Waals surface area contributed by atoms with Crippen molar-refractivity contribution in [2.75, 3.05) is 0 Å². The monoisotopic (exact) mass is 256 g/mol. The van der Waals surface area contributed by atoms with E-state index in [0.29, 0.717) is 5.56 Å². The first-order valence-electron chi connectivity index (χ1n) is 5.96. The summed E-state index contributed by atoms with van der Waals surface area (Å²) in [7, 11) is -4.12. The van der Waals surface area contributed by atoms with Crippen molar-refractivity contribution in [1.82, 2.24) is 0 Å². The molecule has 0 spiro atoms. The second-order valence-corrected chi connectivity index (χ2v) is 6.00. The standard InChI is InChI=1S/C13H20O3S/c1-4-5-6-11-7-8-13(17(14,15)16)12(9-11)10(2)3/h7-10H,4-6H2,1-3H3,(H,14,15,16). The molecule has 96 valence electrons. The lowest BCUT2D eigenvalue weighted by atomic mass is 9.98. The molecule has 17 heavy (non-hydrogen) atoms. The number of unbranched alkanes of at least 4 members (excludes halogenated alkanes) is 1. The van der Waals surface area contributed by atoms with Gasteiger partial charge in [-0.2, -0.15) is 8.42 Å². The Morgan fingerprint density at radius 3 is 2.41 bits per heavy atom. The molecular formula is C13H20O3S. The van der Waals surface area contributed by atoms with Gasteiger partial charge in [0.1, 0.15) is 0 Å². The summed E-state index contributed by atoms with van der Waals surface area (Å²) >= 11 is 0. The van der Waals surface area contributed by atoms with Crippen molar-refractivity contribution < 1.29 is 13.0 Å². The first kappa shape index (κ1) is 14.2. The van der Waals surface area contributed by atoms with Crippen LogP contribution in [0.2, 0.25) is 0 Å². The van der Waals surface area contributed by atoms with E-state index in [9.17, 15) is 8.42 Å². The summed E-state index contributed by atoms with van der Waals surface area (Å²) < 4.78 is 31.6. The van der Waals surface area contributed by atoms with Crippen LogP contribution in [0.4, 0.5) is 0 Å². The quantitative estimate of drug-likeness (QED) is 0.821. The number of hydrogen-bond donors (Lipinski definition) is 1. The Morgan fingerprint density at radius 1 is 1.29 bits per heavy atom. The molecule has 3 nitrogen and oxygen atoms in total. The summed E-state index contributed by atoms with van der Waals surface area (Å²) in [4.78, 5) is 0.0350. The highest BCUT2D eigenvalue weighted by Crippen LogP contribution is 2.25. The third kappa shape index (κ3) is 3.82. The molecule has 0 fully saturated rings. The van der Waals surface area contributed by atoms with E-state index in [-0.39, 0.29) is 10.8 Å². The Bertz CT molecular complexity index is 475.